The molecule has 1 N–H and O–H groups in total. The highest BCUT2D eigenvalue weighted by molar-refractivity contribution is 5.94. The summed E-state index contributed by atoms with van der Waals surface area (Å²) in [7, 11) is 0. The van der Waals surface area contributed by atoms with Crippen LogP contribution >= 0.6 is 0 Å². The fourth-order valence-electron chi connectivity index (χ4n) is 2.51. The summed E-state index contributed by atoms with van der Waals surface area (Å²) in [6, 6.07) is 14.1. The van der Waals surface area contributed by atoms with Crippen molar-refractivity contribution in [1.82, 2.24) is 10.2 Å². The molecule has 0 saturated carbocycles. The predicted octanol–water partition coefficient (Wildman–Crippen LogP) is 4.81. The van der Waals surface area contributed by atoms with Crippen LogP contribution in [0.15, 0.2) is 42.5 Å². The Balaban J connectivity index is 2.02. The minimum absolute atomic E-state index is 0.673. The van der Waals surface area contributed by atoms with E-state index < -0.39 is 0 Å². The average molecular weight is 310 g/mol. The van der Waals surface area contributed by atoms with Gasteiger partial charge in [0.1, 0.15) is 17.2 Å². The summed E-state index contributed by atoms with van der Waals surface area (Å²) in [5.41, 5.74) is 2.92. The Kier molecular flexibility index (Phi) is 4.81. The van der Waals surface area contributed by atoms with Crippen LogP contribution in [0, 0.1) is 0 Å². The SMILES string of the molecule is CCCOc1ccc(-c2n[nH]c3ccccc23)c(OCCC)c1. The van der Waals surface area contributed by atoms with E-state index in [2.05, 4.69) is 30.1 Å². The van der Waals surface area contributed by atoms with Crippen LogP contribution in [0.25, 0.3) is 22.2 Å². The number of H-pyrrole nitrogens is 1. The maximum atomic E-state index is 5.95. The zero-order valence-corrected chi connectivity index (χ0v) is 13.6. The summed E-state index contributed by atoms with van der Waals surface area (Å²) in [4.78, 5) is 0. The van der Waals surface area contributed by atoms with Crippen molar-refractivity contribution in [1.29, 1.82) is 0 Å². The van der Waals surface area contributed by atoms with Crippen LogP contribution in [0.1, 0.15) is 26.7 Å². The van der Waals surface area contributed by atoms with Gasteiger partial charge in [-0.05, 0) is 31.0 Å². The van der Waals surface area contributed by atoms with Gasteiger partial charge in [0.15, 0.2) is 0 Å². The fourth-order valence-corrected chi connectivity index (χ4v) is 2.51. The van der Waals surface area contributed by atoms with Crippen molar-refractivity contribution in [2.45, 2.75) is 26.7 Å². The molecule has 120 valence electrons. The van der Waals surface area contributed by atoms with Crippen molar-refractivity contribution in [2.24, 2.45) is 0 Å². The number of ether oxygens (including phenoxy) is 2. The van der Waals surface area contributed by atoms with Crippen LogP contribution in [0.2, 0.25) is 0 Å². The van der Waals surface area contributed by atoms with Crippen LogP contribution < -0.4 is 9.47 Å². The minimum atomic E-state index is 0.673. The standard InChI is InChI=1S/C19H22N2O2/c1-3-11-22-14-9-10-16(18(13-14)23-12-4-2)19-15-7-5-6-8-17(15)20-21-19/h5-10,13H,3-4,11-12H2,1-2H3,(H,20,21). The van der Waals surface area contributed by atoms with Gasteiger partial charge in [0.05, 0.1) is 18.7 Å². The molecule has 0 amide bonds. The Morgan fingerprint density at radius 2 is 1.74 bits per heavy atom. The molecule has 0 saturated heterocycles. The Labute approximate surface area is 136 Å². The Morgan fingerprint density at radius 1 is 0.957 bits per heavy atom. The van der Waals surface area contributed by atoms with Gasteiger partial charge in [-0.1, -0.05) is 32.0 Å². The Bertz CT molecular complexity index is 780. The molecule has 4 heteroatoms. The maximum absolute atomic E-state index is 5.95. The molecular weight excluding hydrogens is 288 g/mol. The number of nitrogens with zero attached hydrogens (tertiary/aromatic N) is 1. The molecule has 1 heterocycles. The molecular formula is C19H22N2O2. The minimum Gasteiger partial charge on any atom is -0.493 e. The lowest BCUT2D eigenvalue weighted by atomic mass is 10.1. The van der Waals surface area contributed by atoms with Crippen molar-refractivity contribution in [2.75, 3.05) is 13.2 Å². The van der Waals surface area contributed by atoms with Crippen LogP contribution in [0.4, 0.5) is 0 Å². The molecule has 4 nitrogen and oxygen atoms in total. The first kappa shape index (κ1) is 15.4. The van der Waals surface area contributed by atoms with Crippen LogP contribution in [-0.2, 0) is 0 Å². The van der Waals surface area contributed by atoms with Gasteiger partial charge in [-0.2, -0.15) is 5.10 Å². The van der Waals surface area contributed by atoms with Crippen molar-refractivity contribution >= 4 is 10.9 Å². The number of rotatable bonds is 7. The number of hydrogen-bond donors (Lipinski definition) is 1. The van der Waals surface area contributed by atoms with Crippen LogP contribution in [-0.4, -0.2) is 23.4 Å². The van der Waals surface area contributed by atoms with Gasteiger partial charge in [0.2, 0.25) is 0 Å². The summed E-state index contributed by atoms with van der Waals surface area (Å²) in [6.07, 6.45) is 1.94. The molecule has 0 atom stereocenters. The normalized spacial score (nSPS) is 10.9. The van der Waals surface area contributed by atoms with Crippen LogP contribution in [0.3, 0.4) is 0 Å². The zero-order valence-electron chi connectivity index (χ0n) is 13.6. The molecule has 0 unspecified atom stereocenters. The third-order valence-corrected chi connectivity index (χ3v) is 3.61. The van der Waals surface area contributed by atoms with E-state index in [4.69, 9.17) is 9.47 Å². The second kappa shape index (κ2) is 7.18. The van der Waals surface area contributed by atoms with Gasteiger partial charge in [0.25, 0.3) is 0 Å². The number of para-hydroxylation sites is 1. The predicted molar refractivity (Wildman–Crippen MR) is 93.1 cm³/mol. The highest BCUT2D eigenvalue weighted by Crippen LogP contribution is 2.36. The molecule has 2 aromatic carbocycles. The van der Waals surface area contributed by atoms with E-state index in [1.807, 2.05) is 36.4 Å². The highest BCUT2D eigenvalue weighted by Gasteiger charge is 2.14. The van der Waals surface area contributed by atoms with E-state index in [1.54, 1.807) is 0 Å². The van der Waals surface area contributed by atoms with E-state index in [9.17, 15) is 0 Å². The molecule has 3 aromatic rings. The second-order valence-corrected chi connectivity index (χ2v) is 5.47. The summed E-state index contributed by atoms with van der Waals surface area (Å²) >= 11 is 0. The molecule has 0 bridgehead atoms. The number of aromatic nitrogens is 2. The molecule has 1 aromatic heterocycles. The van der Waals surface area contributed by atoms with Gasteiger partial charge in [0, 0.05) is 17.0 Å². The van der Waals surface area contributed by atoms with E-state index in [-0.39, 0.29) is 0 Å². The zero-order chi connectivity index (χ0) is 16.1. The number of fused-ring (bicyclic) bond motifs is 1. The molecule has 0 fully saturated rings. The number of aromatic amines is 1. The second-order valence-electron chi connectivity index (χ2n) is 5.47. The van der Waals surface area contributed by atoms with Crippen molar-refractivity contribution in [3.8, 4) is 22.8 Å². The van der Waals surface area contributed by atoms with Crippen molar-refractivity contribution in [3.05, 3.63) is 42.5 Å². The lowest BCUT2D eigenvalue weighted by Gasteiger charge is -2.12. The molecule has 23 heavy (non-hydrogen) atoms. The van der Waals surface area contributed by atoms with E-state index in [0.717, 1.165) is 46.5 Å². The lowest BCUT2D eigenvalue weighted by molar-refractivity contribution is 0.302. The molecule has 0 aliphatic heterocycles. The molecule has 3 rings (SSSR count). The summed E-state index contributed by atoms with van der Waals surface area (Å²) in [5, 5.41) is 8.66. The third-order valence-electron chi connectivity index (χ3n) is 3.61. The first-order valence-electron chi connectivity index (χ1n) is 8.16. The summed E-state index contributed by atoms with van der Waals surface area (Å²) < 4.78 is 11.7. The monoisotopic (exact) mass is 310 g/mol. The molecule has 0 radical (unpaired) electrons. The molecule has 0 spiro atoms. The summed E-state index contributed by atoms with van der Waals surface area (Å²) in [5.74, 6) is 1.65. The van der Waals surface area contributed by atoms with Gasteiger partial charge < -0.3 is 9.47 Å². The number of benzene rings is 2. The first-order chi connectivity index (χ1) is 11.3. The topological polar surface area (TPSA) is 47.1 Å². The largest absolute Gasteiger partial charge is 0.493 e. The van der Waals surface area contributed by atoms with Gasteiger partial charge in [-0.15, -0.1) is 0 Å². The van der Waals surface area contributed by atoms with Crippen molar-refractivity contribution in [3.63, 3.8) is 0 Å². The average Bonchev–Trinajstić information content (AvgIpc) is 3.02. The van der Waals surface area contributed by atoms with Crippen molar-refractivity contribution < 1.29 is 9.47 Å². The smallest absolute Gasteiger partial charge is 0.132 e. The lowest BCUT2D eigenvalue weighted by Crippen LogP contribution is -2.00. The van der Waals surface area contributed by atoms with Gasteiger partial charge in [-0.3, -0.25) is 5.10 Å². The number of hydrogen-bond acceptors (Lipinski definition) is 3. The summed E-state index contributed by atoms with van der Waals surface area (Å²) in [6.45, 7) is 5.57. The number of nitrogens with one attached hydrogen (secondary N) is 1. The molecule has 0 aliphatic carbocycles. The fraction of sp³-hybridized carbons (Fsp3) is 0.316. The molecule has 0 aliphatic rings. The quantitative estimate of drug-likeness (QED) is 0.681. The van der Waals surface area contributed by atoms with Crippen LogP contribution in [0.5, 0.6) is 11.5 Å². The third kappa shape index (κ3) is 3.31. The van der Waals surface area contributed by atoms with E-state index >= 15 is 0 Å². The van der Waals surface area contributed by atoms with Gasteiger partial charge >= 0.3 is 0 Å². The Hall–Kier alpha value is -2.49. The first-order valence-corrected chi connectivity index (χ1v) is 8.16. The highest BCUT2D eigenvalue weighted by atomic mass is 16.5. The van der Waals surface area contributed by atoms with E-state index in [0.29, 0.717) is 13.2 Å². The maximum Gasteiger partial charge on any atom is 0.132 e. The van der Waals surface area contributed by atoms with E-state index in [1.165, 1.54) is 0 Å². The Morgan fingerprint density at radius 3 is 2.57 bits per heavy atom. The van der Waals surface area contributed by atoms with Gasteiger partial charge in [-0.25, -0.2) is 0 Å².